The van der Waals surface area contributed by atoms with Crippen molar-refractivity contribution in [3.05, 3.63) is 84.7 Å². The third-order valence-corrected chi connectivity index (χ3v) is 12.8. The van der Waals surface area contributed by atoms with Crippen LogP contribution in [-0.4, -0.2) is 26.5 Å². The topological polar surface area (TPSA) is 74.1 Å². The summed E-state index contributed by atoms with van der Waals surface area (Å²) in [6.45, 7) is 4.47. The number of rotatable bonds is 10. The first-order valence-electron chi connectivity index (χ1n) is 16.4. The van der Waals surface area contributed by atoms with Gasteiger partial charge in [-0.2, -0.15) is 5.26 Å². The van der Waals surface area contributed by atoms with Gasteiger partial charge in [-0.05, 0) is 97.2 Å². The molecule has 3 atom stereocenters. The molecule has 1 unspecified atom stereocenters. The number of hydrogen-bond acceptors (Lipinski definition) is 5. The van der Waals surface area contributed by atoms with Gasteiger partial charge < -0.3 is 4.90 Å². The van der Waals surface area contributed by atoms with Gasteiger partial charge in [-0.15, -0.1) is 0 Å². The lowest BCUT2D eigenvalue weighted by molar-refractivity contribution is 0.131. The maximum absolute atomic E-state index is 12.9. The summed E-state index contributed by atoms with van der Waals surface area (Å²) in [6.07, 6.45) is 15.4. The molecule has 1 saturated heterocycles. The van der Waals surface area contributed by atoms with Crippen LogP contribution in [0.2, 0.25) is 0 Å². The van der Waals surface area contributed by atoms with Crippen LogP contribution < -0.4 is 4.90 Å². The van der Waals surface area contributed by atoms with Gasteiger partial charge in [0.25, 0.3) is 0 Å². The van der Waals surface area contributed by atoms with Gasteiger partial charge in [0.15, 0.2) is 0 Å². The summed E-state index contributed by atoms with van der Waals surface area (Å²) in [4.78, 5) is 6.87. The molecule has 2 heterocycles. The fraction of sp³-hybridized carbons (Fsp3) is 0.514. The van der Waals surface area contributed by atoms with E-state index in [4.69, 9.17) is 0 Å². The first-order chi connectivity index (χ1) is 20.9. The monoisotopic (exact) mass is 595 g/mol. The minimum Gasteiger partial charge on any atom is -0.371 e. The third kappa shape index (κ3) is 5.98. The molecule has 1 aromatic heterocycles. The second-order valence-electron chi connectivity index (χ2n) is 13.5. The van der Waals surface area contributed by atoms with Crippen LogP contribution in [0.25, 0.3) is 0 Å². The Morgan fingerprint density at radius 1 is 0.837 bits per heavy atom. The zero-order valence-corrected chi connectivity index (χ0v) is 26.3. The van der Waals surface area contributed by atoms with Gasteiger partial charge in [0.2, 0.25) is 9.84 Å². The zero-order valence-electron chi connectivity index (χ0n) is 25.4. The Morgan fingerprint density at radius 3 is 2.12 bits per heavy atom. The highest BCUT2D eigenvalue weighted by molar-refractivity contribution is 7.91. The van der Waals surface area contributed by atoms with Gasteiger partial charge in [0.1, 0.15) is 0 Å². The maximum Gasteiger partial charge on any atom is 0.206 e. The molecule has 0 N–H and O–H groups in total. The molecule has 2 aliphatic carbocycles. The first kappa shape index (κ1) is 29.9. The van der Waals surface area contributed by atoms with Crippen molar-refractivity contribution in [2.24, 2.45) is 29.6 Å². The Hall–Kier alpha value is -3.17. The minimum atomic E-state index is -3.51. The molecule has 0 bridgehead atoms. The number of nitriles is 1. The normalized spacial score (nSPS) is 25.9. The average molecular weight is 596 g/mol. The molecule has 6 heteroatoms. The van der Waals surface area contributed by atoms with Crippen LogP contribution in [0.1, 0.15) is 76.7 Å². The number of nitrogens with zero attached hydrogens (tertiary/aromatic N) is 3. The van der Waals surface area contributed by atoms with Crippen molar-refractivity contribution in [3.63, 3.8) is 0 Å². The number of sulfone groups is 1. The van der Waals surface area contributed by atoms with E-state index in [-0.39, 0.29) is 10.3 Å². The molecular formula is C37H45N3O2S. The van der Waals surface area contributed by atoms with E-state index in [0.717, 1.165) is 24.7 Å². The fourth-order valence-corrected chi connectivity index (χ4v) is 9.83. The van der Waals surface area contributed by atoms with Crippen molar-refractivity contribution in [2.75, 3.05) is 18.0 Å². The summed E-state index contributed by atoms with van der Waals surface area (Å²) in [7, 11) is -3.51. The van der Waals surface area contributed by atoms with E-state index in [2.05, 4.69) is 53.2 Å². The van der Waals surface area contributed by atoms with E-state index >= 15 is 0 Å². The quantitative estimate of drug-likeness (QED) is 0.236. The molecule has 3 fully saturated rings. The molecule has 6 rings (SSSR count). The molecule has 3 aliphatic rings. The molecule has 43 heavy (non-hydrogen) atoms. The highest BCUT2D eigenvalue weighted by Gasteiger charge is 2.51. The molecule has 0 amide bonds. The summed E-state index contributed by atoms with van der Waals surface area (Å²) in [6, 6.07) is 24.1. The lowest BCUT2D eigenvalue weighted by atomic mass is 9.56. The molecule has 2 aromatic carbocycles. The van der Waals surface area contributed by atoms with Crippen LogP contribution in [0.4, 0.5) is 5.69 Å². The number of anilines is 1. The van der Waals surface area contributed by atoms with Gasteiger partial charge in [-0.1, -0.05) is 75.8 Å². The molecule has 0 spiro atoms. The second-order valence-corrected chi connectivity index (χ2v) is 15.4. The smallest absolute Gasteiger partial charge is 0.206 e. The summed E-state index contributed by atoms with van der Waals surface area (Å²) in [5, 5.41) is 10.8. The van der Waals surface area contributed by atoms with Crippen molar-refractivity contribution in [1.29, 1.82) is 5.26 Å². The van der Waals surface area contributed by atoms with Crippen LogP contribution in [0.15, 0.2) is 88.9 Å². The fourth-order valence-electron chi connectivity index (χ4n) is 8.58. The van der Waals surface area contributed by atoms with Gasteiger partial charge in [-0.25, -0.2) is 8.42 Å². The van der Waals surface area contributed by atoms with Gasteiger partial charge in [0.05, 0.1) is 21.3 Å². The van der Waals surface area contributed by atoms with E-state index in [1.807, 2.05) is 12.1 Å². The lowest BCUT2D eigenvalue weighted by Crippen LogP contribution is -2.46. The van der Waals surface area contributed by atoms with Crippen molar-refractivity contribution >= 4 is 15.5 Å². The molecule has 5 nitrogen and oxygen atoms in total. The zero-order chi connectivity index (χ0) is 29.9. The molecule has 3 aromatic rings. The molecule has 1 aliphatic heterocycles. The summed E-state index contributed by atoms with van der Waals surface area (Å²) in [5.74, 6) is 3.07. The standard InChI is InChI=1S/C37H45N3O2S/c1-28-7-5-12-36(28)37(27-38,31-10-3-2-4-11-31)32-15-13-29(14-16-32)8-6-9-30-25-40(26-30)33-17-19-34(20-18-33)43(41,42)35-21-23-39-24-22-35/h2-4,10-11,17-24,28-30,32,36H,5-9,12-16,25-26H2,1H3/t28-,29?,32?,36-,37?/m1/s1. The van der Waals surface area contributed by atoms with Crippen molar-refractivity contribution in [3.8, 4) is 6.07 Å². The Morgan fingerprint density at radius 2 is 1.49 bits per heavy atom. The van der Waals surface area contributed by atoms with Gasteiger partial charge in [0, 0.05) is 31.2 Å². The highest BCUT2D eigenvalue weighted by atomic mass is 32.2. The van der Waals surface area contributed by atoms with Crippen molar-refractivity contribution < 1.29 is 8.42 Å². The van der Waals surface area contributed by atoms with E-state index in [1.165, 1.54) is 94.3 Å². The Kier molecular flexibility index (Phi) is 8.91. The number of benzene rings is 2. The Balaban J connectivity index is 0.971. The average Bonchev–Trinajstić information content (AvgIpc) is 3.46. The maximum atomic E-state index is 12.9. The third-order valence-electron chi connectivity index (χ3n) is 11.0. The Labute approximate surface area is 258 Å². The number of hydrogen-bond donors (Lipinski definition) is 0. The largest absolute Gasteiger partial charge is 0.371 e. The predicted molar refractivity (Wildman–Crippen MR) is 171 cm³/mol. The van der Waals surface area contributed by atoms with Crippen molar-refractivity contribution in [2.45, 2.75) is 86.3 Å². The van der Waals surface area contributed by atoms with E-state index in [9.17, 15) is 13.7 Å². The van der Waals surface area contributed by atoms with Crippen LogP contribution in [0.5, 0.6) is 0 Å². The van der Waals surface area contributed by atoms with Gasteiger partial charge in [-0.3, -0.25) is 4.98 Å². The van der Waals surface area contributed by atoms with Crippen LogP contribution in [0, 0.1) is 40.9 Å². The van der Waals surface area contributed by atoms with Gasteiger partial charge >= 0.3 is 0 Å². The predicted octanol–water partition coefficient (Wildman–Crippen LogP) is 8.23. The first-order valence-corrected chi connectivity index (χ1v) is 17.9. The number of aromatic nitrogens is 1. The molecular weight excluding hydrogens is 550 g/mol. The number of pyridine rings is 1. The molecule has 226 valence electrons. The summed E-state index contributed by atoms with van der Waals surface area (Å²) < 4.78 is 25.7. The minimum absolute atomic E-state index is 0.275. The Bertz CT molecular complexity index is 1490. The summed E-state index contributed by atoms with van der Waals surface area (Å²) in [5.41, 5.74) is 2.03. The van der Waals surface area contributed by atoms with E-state index in [0.29, 0.717) is 28.6 Å². The van der Waals surface area contributed by atoms with Crippen molar-refractivity contribution in [1.82, 2.24) is 4.98 Å². The molecule has 0 radical (unpaired) electrons. The molecule has 2 saturated carbocycles. The highest BCUT2D eigenvalue weighted by Crippen LogP contribution is 2.53. The van der Waals surface area contributed by atoms with E-state index < -0.39 is 9.84 Å². The van der Waals surface area contributed by atoms with E-state index in [1.54, 1.807) is 12.1 Å². The van der Waals surface area contributed by atoms with Crippen LogP contribution in [0.3, 0.4) is 0 Å². The second kappa shape index (κ2) is 12.8. The van der Waals surface area contributed by atoms with Crippen LogP contribution in [-0.2, 0) is 15.3 Å². The lowest BCUT2D eigenvalue weighted by Gasteiger charge is -2.45. The van der Waals surface area contributed by atoms with Crippen LogP contribution >= 0.6 is 0 Å². The summed E-state index contributed by atoms with van der Waals surface area (Å²) >= 11 is 0. The SMILES string of the molecule is C[C@@H]1CCC[C@H]1C(C#N)(c1ccccc1)C1CCC(CCCC2CN(c3ccc(S(=O)(=O)c4ccncc4)cc3)C2)CC1.